The molecule has 6 heterocycles. The van der Waals surface area contributed by atoms with Gasteiger partial charge < -0.3 is 18.3 Å². The number of allylic oxidation sites excluding steroid dienone is 1. The lowest BCUT2D eigenvalue weighted by Crippen LogP contribution is -2.60. The van der Waals surface area contributed by atoms with Gasteiger partial charge in [0, 0.05) is 76.9 Å². The molecule has 9 aromatic carbocycles. The maximum absolute atomic E-state index is 2.78. The number of aromatic nitrogens is 4. The van der Waals surface area contributed by atoms with Gasteiger partial charge >= 0.3 is 0 Å². The van der Waals surface area contributed by atoms with Crippen molar-refractivity contribution in [3.8, 4) is 33.9 Å². The molecular formula is C76H69BN4. The van der Waals surface area contributed by atoms with E-state index < -0.39 is 0 Å². The predicted molar refractivity (Wildman–Crippen MR) is 348 cm³/mol. The van der Waals surface area contributed by atoms with Gasteiger partial charge in [0.05, 0.1) is 39.0 Å². The van der Waals surface area contributed by atoms with Crippen molar-refractivity contribution in [2.45, 2.75) is 112 Å². The fraction of sp³-hybridized carbons (Fsp3) is 0.237. The standard InChI is InChI=1S/C76H69BN4/c1-73(2,3)45-32-34-63-53(38-45)55-40-47(75(7,8)9)42-57-71(55)80(63)67-36-44(37-68-70(67)77(57)58-43-48(76(10,11)12)41-56-54-39-46(74(4,5)6)33-35-64(54)81(68)72(56)58)69-65(78-59-26-17-13-22-49(59)50-23-14-18-27-60(50)78)30-21-31-66(69)79-61-28-19-15-24-51(61)52-25-16-20-29-62(52)79/h13-32,34,36-43H,33,35H2,1-12H3. The minimum atomic E-state index is -0.0852. The zero-order valence-electron chi connectivity index (χ0n) is 49.0. The van der Waals surface area contributed by atoms with Crippen LogP contribution in [0.4, 0.5) is 0 Å². The van der Waals surface area contributed by atoms with Crippen LogP contribution in [0, 0.1) is 5.41 Å². The van der Waals surface area contributed by atoms with Crippen molar-refractivity contribution >= 4 is 105 Å². The summed E-state index contributed by atoms with van der Waals surface area (Å²) in [5.74, 6) is 0. The Morgan fingerprint density at radius 3 is 1.28 bits per heavy atom. The predicted octanol–water partition coefficient (Wildman–Crippen LogP) is 18.0. The van der Waals surface area contributed by atoms with Crippen LogP contribution in [0.25, 0.3) is 116 Å². The Balaban J connectivity index is 1.13. The Morgan fingerprint density at radius 1 is 0.346 bits per heavy atom. The first-order valence-electron chi connectivity index (χ1n) is 29.6. The number of fused-ring (bicyclic) bond motifs is 16. The molecule has 0 fully saturated rings. The van der Waals surface area contributed by atoms with Gasteiger partial charge in [-0.1, -0.05) is 192 Å². The molecule has 5 heteroatoms. The van der Waals surface area contributed by atoms with Gasteiger partial charge in [-0.3, -0.25) is 0 Å². The molecule has 396 valence electrons. The molecule has 0 amide bonds. The topological polar surface area (TPSA) is 19.7 Å². The van der Waals surface area contributed by atoms with Gasteiger partial charge in [-0.2, -0.15) is 0 Å². The second kappa shape index (κ2) is 16.2. The SMILES string of the molecule is CC(C)(C)C1=Cc2c(n3c4c(cc(C(C)(C)C)cc24)B2c4c-3cc(-c3c(-n5c6ccccc6c6ccccc65)cccc3-n3c5ccccc5c5ccccc53)cc4-n3c4ccc(C(C)(C)C)cc4c4cc(C(C)(C)C)cc2c43)CC1. The van der Waals surface area contributed by atoms with Gasteiger partial charge in [0.15, 0.2) is 0 Å². The molecule has 0 N–H and O–H groups in total. The lowest BCUT2D eigenvalue weighted by molar-refractivity contribution is 0.483. The molecule has 4 aromatic heterocycles. The van der Waals surface area contributed by atoms with Gasteiger partial charge in [-0.25, -0.2) is 0 Å². The summed E-state index contributed by atoms with van der Waals surface area (Å²) in [6, 6.07) is 66.1. The van der Waals surface area contributed by atoms with Crippen LogP contribution in [-0.4, -0.2) is 25.0 Å². The van der Waals surface area contributed by atoms with Crippen LogP contribution in [0.2, 0.25) is 0 Å². The Bertz CT molecular complexity index is 4730. The molecule has 2 aliphatic heterocycles. The van der Waals surface area contributed by atoms with Crippen molar-refractivity contribution in [1.82, 2.24) is 18.3 Å². The molecule has 3 aliphatic rings. The van der Waals surface area contributed by atoms with E-state index in [2.05, 4.69) is 277 Å². The van der Waals surface area contributed by atoms with E-state index in [1.165, 1.54) is 149 Å². The number of hydrogen-bond donors (Lipinski definition) is 0. The monoisotopic (exact) mass is 1050 g/mol. The molecule has 0 unspecified atom stereocenters. The number of para-hydroxylation sites is 4. The highest BCUT2D eigenvalue weighted by Gasteiger charge is 2.44. The van der Waals surface area contributed by atoms with E-state index >= 15 is 0 Å². The number of rotatable bonds is 3. The Labute approximate surface area is 476 Å². The van der Waals surface area contributed by atoms with E-state index in [0.29, 0.717) is 0 Å². The van der Waals surface area contributed by atoms with Gasteiger partial charge in [0.25, 0.3) is 6.71 Å². The molecule has 0 atom stereocenters. The quantitative estimate of drug-likeness (QED) is 0.157. The van der Waals surface area contributed by atoms with Crippen LogP contribution in [0.5, 0.6) is 0 Å². The van der Waals surface area contributed by atoms with Crippen LogP contribution in [0.1, 0.15) is 117 Å². The summed E-state index contributed by atoms with van der Waals surface area (Å²) >= 11 is 0. The van der Waals surface area contributed by atoms with E-state index in [1.807, 2.05) is 0 Å². The zero-order chi connectivity index (χ0) is 55.6. The van der Waals surface area contributed by atoms with Crippen LogP contribution in [0.3, 0.4) is 0 Å². The second-order valence-electron chi connectivity index (χ2n) is 28.1. The van der Waals surface area contributed by atoms with Gasteiger partial charge in [0.1, 0.15) is 0 Å². The van der Waals surface area contributed by atoms with E-state index in [-0.39, 0.29) is 28.4 Å². The van der Waals surface area contributed by atoms with Gasteiger partial charge in [0.2, 0.25) is 0 Å². The molecule has 0 spiro atoms. The second-order valence-corrected chi connectivity index (χ2v) is 28.1. The minimum Gasteiger partial charge on any atom is -0.314 e. The van der Waals surface area contributed by atoms with Crippen LogP contribution in [0.15, 0.2) is 175 Å². The molecule has 0 bridgehead atoms. The van der Waals surface area contributed by atoms with Crippen molar-refractivity contribution in [2.24, 2.45) is 5.41 Å². The lowest BCUT2D eigenvalue weighted by atomic mass is 9.33. The molecule has 4 nitrogen and oxygen atoms in total. The smallest absolute Gasteiger partial charge is 0.252 e. The molecule has 16 rings (SSSR count). The first-order chi connectivity index (χ1) is 38.7. The molecule has 0 saturated carbocycles. The fourth-order valence-electron chi connectivity index (χ4n) is 15.0. The maximum Gasteiger partial charge on any atom is 0.252 e. The van der Waals surface area contributed by atoms with Gasteiger partial charge in [-0.05, 0) is 146 Å². The summed E-state index contributed by atoms with van der Waals surface area (Å²) in [5, 5.41) is 9.05. The third kappa shape index (κ3) is 6.72. The normalized spacial score (nSPS) is 14.4. The van der Waals surface area contributed by atoms with E-state index in [1.54, 1.807) is 0 Å². The van der Waals surface area contributed by atoms with Crippen molar-refractivity contribution in [2.75, 3.05) is 0 Å². The molecule has 0 radical (unpaired) electrons. The first kappa shape index (κ1) is 48.6. The van der Waals surface area contributed by atoms with E-state index in [0.717, 1.165) is 24.2 Å². The van der Waals surface area contributed by atoms with Crippen LogP contribution in [-0.2, 0) is 22.7 Å². The number of benzene rings is 9. The van der Waals surface area contributed by atoms with Crippen LogP contribution >= 0.6 is 0 Å². The zero-order valence-corrected chi connectivity index (χ0v) is 49.0. The fourth-order valence-corrected chi connectivity index (χ4v) is 15.0. The van der Waals surface area contributed by atoms with E-state index in [9.17, 15) is 0 Å². The van der Waals surface area contributed by atoms with Crippen molar-refractivity contribution < 1.29 is 0 Å². The highest BCUT2D eigenvalue weighted by Crippen LogP contribution is 2.49. The summed E-state index contributed by atoms with van der Waals surface area (Å²) in [4.78, 5) is 0. The number of nitrogens with zero attached hydrogens (tertiary/aromatic N) is 4. The summed E-state index contributed by atoms with van der Waals surface area (Å²) in [7, 11) is 0. The van der Waals surface area contributed by atoms with Gasteiger partial charge in [-0.15, -0.1) is 0 Å². The Morgan fingerprint density at radius 2 is 0.790 bits per heavy atom. The summed E-state index contributed by atoms with van der Waals surface area (Å²) in [6.45, 7) is 28.7. The van der Waals surface area contributed by atoms with Crippen molar-refractivity contribution in [3.63, 3.8) is 0 Å². The molecule has 0 saturated heterocycles. The van der Waals surface area contributed by atoms with Crippen LogP contribution < -0.4 is 16.4 Å². The minimum absolute atomic E-state index is 0.0168. The Hall–Kier alpha value is -8.28. The van der Waals surface area contributed by atoms with E-state index in [4.69, 9.17) is 0 Å². The number of hydrogen-bond acceptors (Lipinski definition) is 0. The average molecular weight is 1050 g/mol. The Kier molecular flexibility index (Phi) is 9.74. The van der Waals surface area contributed by atoms with Crippen molar-refractivity contribution in [3.05, 3.63) is 203 Å². The molecule has 81 heavy (non-hydrogen) atoms. The highest BCUT2D eigenvalue weighted by molar-refractivity contribution is 7.00. The summed E-state index contributed by atoms with van der Waals surface area (Å²) in [5.41, 5.74) is 28.6. The molecule has 1 aliphatic carbocycles. The lowest BCUT2D eigenvalue weighted by Gasteiger charge is -2.36. The largest absolute Gasteiger partial charge is 0.314 e. The highest BCUT2D eigenvalue weighted by atomic mass is 15.1. The average Bonchev–Trinajstić information content (AvgIpc) is 2.21. The third-order valence-corrected chi connectivity index (χ3v) is 19.1. The summed E-state index contributed by atoms with van der Waals surface area (Å²) in [6.07, 6.45) is 4.62. The maximum atomic E-state index is 2.78. The molecule has 13 aromatic rings. The van der Waals surface area contributed by atoms with Crippen molar-refractivity contribution in [1.29, 1.82) is 0 Å². The third-order valence-electron chi connectivity index (χ3n) is 19.1. The molecular weight excluding hydrogens is 980 g/mol. The first-order valence-corrected chi connectivity index (χ1v) is 29.6. The summed E-state index contributed by atoms with van der Waals surface area (Å²) < 4.78 is 10.6.